The Labute approximate surface area is 607 Å². The number of unbranched alkanes of at least 4 members (excludes halogenated alkanes) is 29. The van der Waals surface area contributed by atoms with Gasteiger partial charge in [-0.2, -0.15) is 0 Å². The molecule has 0 aliphatic heterocycles. The van der Waals surface area contributed by atoms with Gasteiger partial charge in [-0.25, -0.2) is 9.13 Å². The van der Waals surface area contributed by atoms with Crippen LogP contribution in [0.2, 0.25) is 0 Å². The molecule has 0 spiro atoms. The number of carbonyl (C=O) groups is 4. The van der Waals surface area contributed by atoms with Crippen LogP contribution in [0.3, 0.4) is 0 Å². The maximum atomic E-state index is 13.1. The molecule has 0 fully saturated rings. The molecule has 0 aromatic carbocycles. The third-order valence-corrected chi connectivity index (χ3v) is 18.1. The molecule has 0 aliphatic carbocycles. The Kier molecular flexibility index (Phi) is 69.9. The van der Waals surface area contributed by atoms with Crippen molar-refractivity contribution in [1.82, 2.24) is 0 Å². The summed E-state index contributed by atoms with van der Waals surface area (Å²) in [6, 6.07) is 0. The topological polar surface area (TPSA) is 237 Å². The quantitative estimate of drug-likeness (QED) is 0.0169. The Morgan fingerprint density at radius 3 is 0.920 bits per heavy atom. The Hall–Kier alpha value is -4.28. The van der Waals surface area contributed by atoms with Crippen molar-refractivity contribution in [3.63, 3.8) is 0 Å². The van der Waals surface area contributed by atoms with E-state index in [1.807, 2.05) is 18.2 Å². The van der Waals surface area contributed by atoms with Gasteiger partial charge in [-0.15, -0.1) is 0 Å². The average molecular weight is 1450 g/mol. The molecule has 0 heterocycles. The highest BCUT2D eigenvalue weighted by Gasteiger charge is 2.30. The summed E-state index contributed by atoms with van der Waals surface area (Å²) in [6.07, 6.45) is 78.1. The number of esters is 4. The van der Waals surface area contributed by atoms with Crippen LogP contribution in [-0.2, 0) is 65.4 Å². The highest BCUT2D eigenvalue weighted by molar-refractivity contribution is 7.47. The van der Waals surface area contributed by atoms with Gasteiger partial charge in [0.1, 0.15) is 19.3 Å². The number of hydrogen-bond donors (Lipinski definition) is 3. The van der Waals surface area contributed by atoms with Crippen molar-refractivity contribution in [1.29, 1.82) is 0 Å². The summed E-state index contributed by atoms with van der Waals surface area (Å²) >= 11 is 0. The maximum Gasteiger partial charge on any atom is 0.472 e. The van der Waals surface area contributed by atoms with Crippen LogP contribution in [0.25, 0.3) is 0 Å². The molecule has 0 rings (SSSR count). The lowest BCUT2D eigenvalue weighted by Crippen LogP contribution is -2.30. The van der Waals surface area contributed by atoms with Crippen LogP contribution < -0.4 is 0 Å². The normalized spacial score (nSPS) is 14.5. The van der Waals surface area contributed by atoms with E-state index in [-0.39, 0.29) is 25.7 Å². The van der Waals surface area contributed by atoms with E-state index < -0.39 is 97.5 Å². The minimum Gasteiger partial charge on any atom is -0.462 e. The van der Waals surface area contributed by atoms with Gasteiger partial charge < -0.3 is 33.8 Å². The molecule has 0 radical (unpaired) electrons. The Bertz CT molecular complexity index is 2320. The summed E-state index contributed by atoms with van der Waals surface area (Å²) < 4.78 is 68.4. The first-order valence-electron chi connectivity index (χ1n) is 39.1. The average Bonchev–Trinajstić information content (AvgIpc) is 0.953. The number of aliphatic hydroxyl groups is 1. The molecule has 3 N–H and O–H groups in total. The highest BCUT2D eigenvalue weighted by atomic mass is 31.2. The summed E-state index contributed by atoms with van der Waals surface area (Å²) in [6.45, 7) is 4.61. The van der Waals surface area contributed by atoms with Crippen molar-refractivity contribution < 1.29 is 80.2 Å². The van der Waals surface area contributed by atoms with Crippen molar-refractivity contribution in [3.8, 4) is 0 Å². The molecule has 19 heteroatoms. The number of allylic oxidation sites excluding steroid dienone is 18. The first kappa shape index (κ1) is 95.7. The summed E-state index contributed by atoms with van der Waals surface area (Å²) in [7, 11) is -9.97. The van der Waals surface area contributed by atoms with Crippen LogP contribution in [0.1, 0.15) is 323 Å². The summed E-state index contributed by atoms with van der Waals surface area (Å²) in [5.41, 5.74) is 0. The van der Waals surface area contributed by atoms with Crippen molar-refractivity contribution in [2.45, 2.75) is 341 Å². The fraction of sp³-hybridized carbons (Fsp3) is 0.728. The number of carbonyl (C=O) groups excluding carboxylic acids is 4. The van der Waals surface area contributed by atoms with Crippen LogP contribution in [-0.4, -0.2) is 96.7 Å². The minimum absolute atomic E-state index is 0.0338. The van der Waals surface area contributed by atoms with E-state index in [1.54, 1.807) is 0 Å². The van der Waals surface area contributed by atoms with Gasteiger partial charge in [0.25, 0.3) is 0 Å². The van der Waals surface area contributed by atoms with Crippen LogP contribution in [0, 0.1) is 0 Å². The minimum atomic E-state index is -4.99. The summed E-state index contributed by atoms with van der Waals surface area (Å²) in [5.74, 6) is -2.29. The molecule has 5 atom stereocenters. The number of hydrogen-bond acceptors (Lipinski definition) is 15. The zero-order valence-electron chi connectivity index (χ0n) is 62.8. The third-order valence-electron chi connectivity index (χ3n) is 16.2. The smallest absolute Gasteiger partial charge is 0.462 e. The molecule has 0 aromatic heterocycles. The predicted molar refractivity (Wildman–Crippen MR) is 408 cm³/mol. The van der Waals surface area contributed by atoms with Crippen LogP contribution in [0.4, 0.5) is 0 Å². The van der Waals surface area contributed by atoms with Crippen molar-refractivity contribution in [3.05, 3.63) is 109 Å². The van der Waals surface area contributed by atoms with E-state index in [2.05, 4.69) is 119 Å². The second kappa shape index (κ2) is 73.0. The first-order valence-corrected chi connectivity index (χ1v) is 42.1. The van der Waals surface area contributed by atoms with Crippen molar-refractivity contribution in [2.75, 3.05) is 39.6 Å². The third kappa shape index (κ3) is 72.1. The summed E-state index contributed by atoms with van der Waals surface area (Å²) in [4.78, 5) is 72.8. The van der Waals surface area contributed by atoms with Gasteiger partial charge in [0.2, 0.25) is 0 Å². The number of rotatable bonds is 73. The molecule has 576 valence electrons. The Morgan fingerprint density at radius 1 is 0.290 bits per heavy atom. The summed E-state index contributed by atoms with van der Waals surface area (Å²) in [5, 5.41) is 10.6. The van der Waals surface area contributed by atoms with Gasteiger partial charge in [0.05, 0.1) is 26.4 Å². The standard InChI is InChI=1S/C81H140O17P2/c1-5-9-13-17-21-25-29-32-35-36-37-38-41-43-47-50-54-58-62-66-79(84)91-71-76(97-80(85)67-63-59-55-51-45-28-24-20-16-12-8-4)73-95-99(87,88)93-69-75(82)70-94-100(89,90)96-74-77(98-81(86)68-64-60-56-52-48-44-40-34-31-27-23-19-15-11-7-3)72-92-78(83)65-61-57-53-49-46-42-39-33-30-26-22-18-14-10-6-2/h9,13,20-22,24-26,32-33,35,37-39,43,47,54,58,75-77,82H,5-8,10-12,14-19,23,27-31,34,36,40-42,44-46,48-53,55-57,59-74H2,1-4H3,(H,87,88)(H,89,90)/b13-9-,24-20-,25-21-,26-22-,35-32-,38-37-,39-33-,47-43-,58-54-. The number of phosphoric ester groups is 2. The molecule has 17 nitrogen and oxygen atoms in total. The zero-order chi connectivity index (χ0) is 73.2. The highest BCUT2D eigenvalue weighted by Crippen LogP contribution is 2.45. The number of phosphoric acid groups is 2. The molecule has 0 saturated heterocycles. The fourth-order valence-corrected chi connectivity index (χ4v) is 11.8. The van der Waals surface area contributed by atoms with Gasteiger partial charge in [0, 0.05) is 25.7 Å². The molecular formula is C81H140O17P2. The van der Waals surface area contributed by atoms with Gasteiger partial charge in [-0.3, -0.25) is 37.3 Å². The van der Waals surface area contributed by atoms with Crippen molar-refractivity contribution in [2.24, 2.45) is 0 Å². The molecule has 0 amide bonds. The van der Waals surface area contributed by atoms with Crippen LogP contribution in [0.15, 0.2) is 109 Å². The lowest BCUT2D eigenvalue weighted by molar-refractivity contribution is -0.161. The maximum absolute atomic E-state index is 13.1. The molecule has 5 unspecified atom stereocenters. The lowest BCUT2D eigenvalue weighted by Gasteiger charge is -2.21. The molecule has 100 heavy (non-hydrogen) atoms. The Morgan fingerprint density at radius 2 is 0.550 bits per heavy atom. The van der Waals surface area contributed by atoms with Crippen molar-refractivity contribution >= 4 is 39.5 Å². The van der Waals surface area contributed by atoms with E-state index in [9.17, 15) is 43.2 Å². The predicted octanol–water partition coefficient (Wildman–Crippen LogP) is 22.6. The number of aliphatic hydroxyl groups excluding tert-OH is 1. The SMILES string of the molecule is CC/C=C\C/C=C\C/C=C\C/C=C\C/C=C\C/C=C\CCC(=O)OCC(COP(=O)(O)OCC(O)COP(=O)(O)OCC(COC(=O)CCCCCCC/C=C\C/C=C\CCCCC)OC(=O)CCCCCCCCCCCCCCCCC)OC(=O)CCCCCCC/C=C\CCCC. The van der Waals surface area contributed by atoms with Crippen LogP contribution in [0.5, 0.6) is 0 Å². The van der Waals surface area contributed by atoms with Gasteiger partial charge in [-0.05, 0) is 116 Å². The van der Waals surface area contributed by atoms with Gasteiger partial charge in [-0.1, -0.05) is 291 Å². The second-order valence-electron chi connectivity index (χ2n) is 25.9. The molecule has 0 bridgehead atoms. The molecular weight excluding hydrogens is 1310 g/mol. The molecule has 0 aromatic rings. The molecule has 0 saturated carbocycles. The van der Waals surface area contributed by atoms with Gasteiger partial charge >= 0.3 is 39.5 Å². The zero-order valence-corrected chi connectivity index (χ0v) is 64.6. The lowest BCUT2D eigenvalue weighted by atomic mass is 10.0. The Balaban J connectivity index is 5.38. The first-order chi connectivity index (χ1) is 48.7. The van der Waals surface area contributed by atoms with E-state index in [0.29, 0.717) is 32.1 Å². The van der Waals surface area contributed by atoms with Crippen LogP contribution >= 0.6 is 15.6 Å². The van der Waals surface area contributed by atoms with E-state index in [4.69, 9.17) is 37.0 Å². The van der Waals surface area contributed by atoms with E-state index >= 15 is 0 Å². The number of ether oxygens (including phenoxy) is 4. The van der Waals surface area contributed by atoms with E-state index in [0.717, 1.165) is 141 Å². The second-order valence-corrected chi connectivity index (χ2v) is 28.8. The molecule has 0 aliphatic rings. The van der Waals surface area contributed by atoms with E-state index in [1.165, 1.54) is 96.3 Å². The monoisotopic (exact) mass is 1450 g/mol. The fourth-order valence-electron chi connectivity index (χ4n) is 10.3. The van der Waals surface area contributed by atoms with Gasteiger partial charge in [0.15, 0.2) is 12.2 Å². The largest absolute Gasteiger partial charge is 0.472 e.